The zero-order valence-corrected chi connectivity index (χ0v) is 13.5. The highest BCUT2D eigenvalue weighted by Gasteiger charge is 2.09. The quantitative estimate of drug-likeness (QED) is 0.728. The average Bonchev–Trinajstić information content (AvgIpc) is 2.46. The van der Waals surface area contributed by atoms with Crippen LogP contribution in [0.15, 0.2) is 6.33 Å². The minimum atomic E-state index is 0.420. The van der Waals surface area contributed by atoms with Crippen LogP contribution in [0, 0.1) is 6.92 Å². The lowest BCUT2D eigenvalue weighted by Gasteiger charge is -2.20. The third-order valence-electron chi connectivity index (χ3n) is 3.71. The Kier molecular flexibility index (Phi) is 7.30. The second-order valence-corrected chi connectivity index (χ2v) is 5.16. The Morgan fingerprint density at radius 2 is 1.85 bits per heavy atom. The molecule has 5 nitrogen and oxygen atoms in total. The van der Waals surface area contributed by atoms with Gasteiger partial charge in [0.15, 0.2) is 0 Å². The maximum absolute atomic E-state index is 4.33. The van der Waals surface area contributed by atoms with E-state index in [9.17, 15) is 0 Å². The van der Waals surface area contributed by atoms with E-state index in [4.69, 9.17) is 0 Å². The van der Waals surface area contributed by atoms with Crippen molar-refractivity contribution in [3.05, 3.63) is 11.9 Å². The van der Waals surface area contributed by atoms with Crippen LogP contribution in [-0.4, -0.2) is 47.6 Å². The second-order valence-electron chi connectivity index (χ2n) is 5.16. The fourth-order valence-corrected chi connectivity index (χ4v) is 2.31. The summed E-state index contributed by atoms with van der Waals surface area (Å²) in [6, 6.07) is 0.420. The average molecular weight is 279 g/mol. The van der Waals surface area contributed by atoms with Gasteiger partial charge in [-0.2, -0.15) is 0 Å². The Morgan fingerprint density at radius 3 is 2.45 bits per heavy atom. The molecule has 5 heteroatoms. The molecule has 1 unspecified atom stereocenters. The highest BCUT2D eigenvalue weighted by atomic mass is 15.1. The highest BCUT2D eigenvalue weighted by molar-refractivity contribution is 5.56. The van der Waals surface area contributed by atoms with Crippen molar-refractivity contribution in [2.45, 2.75) is 46.6 Å². The monoisotopic (exact) mass is 279 g/mol. The van der Waals surface area contributed by atoms with Gasteiger partial charge in [-0.3, -0.25) is 0 Å². The van der Waals surface area contributed by atoms with E-state index in [0.717, 1.165) is 36.7 Å². The molecule has 2 N–H and O–H groups in total. The van der Waals surface area contributed by atoms with Crippen LogP contribution < -0.4 is 10.6 Å². The van der Waals surface area contributed by atoms with Crippen molar-refractivity contribution in [2.24, 2.45) is 0 Å². The van der Waals surface area contributed by atoms with Crippen molar-refractivity contribution >= 4 is 11.6 Å². The van der Waals surface area contributed by atoms with Crippen LogP contribution in [0.5, 0.6) is 0 Å². The van der Waals surface area contributed by atoms with Crippen molar-refractivity contribution in [3.8, 4) is 0 Å². The lowest BCUT2D eigenvalue weighted by Crippen LogP contribution is -2.26. The first-order chi connectivity index (χ1) is 9.62. The lowest BCUT2D eigenvalue weighted by molar-refractivity contribution is 0.295. The van der Waals surface area contributed by atoms with E-state index in [1.54, 1.807) is 6.33 Å². The fraction of sp³-hybridized carbons (Fsp3) is 0.733. The number of hydrogen-bond acceptors (Lipinski definition) is 5. The Hall–Kier alpha value is -1.36. The number of anilines is 2. The summed E-state index contributed by atoms with van der Waals surface area (Å²) in [5.41, 5.74) is 1.07. The maximum Gasteiger partial charge on any atom is 0.134 e. The molecule has 0 fully saturated rings. The Labute approximate surface area is 123 Å². The number of rotatable bonds is 9. The van der Waals surface area contributed by atoms with E-state index in [-0.39, 0.29) is 0 Å². The van der Waals surface area contributed by atoms with Gasteiger partial charge in [-0.15, -0.1) is 0 Å². The number of hydrogen-bond donors (Lipinski definition) is 2. The Morgan fingerprint density at radius 1 is 1.20 bits per heavy atom. The SMILES string of the molecule is CCN(CC)CCCC(C)Nc1ncnc(NC)c1C. The molecule has 0 saturated carbocycles. The molecule has 0 aromatic carbocycles. The Bertz CT molecular complexity index is 390. The predicted octanol–water partition coefficient (Wildman–Crippen LogP) is 2.75. The van der Waals surface area contributed by atoms with Gasteiger partial charge in [0.05, 0.1) is 0 Å². The third kappa shape index (κ3) is 4.96. The van der Waals surface area contributed by atoms with Crippen molar-refractivity contribution in [1.82, 2.24) is 14.9 Å². The van der Waals surface area contributed by atoms with Crippen LogP contribution in [0.3, 0.4) is 0 Å². The van der Waals surface area contributed by atoms with E-state index < -0.39 is 0 Å². The van der Waals surface area contributed by atoms with Gasteiger partial charge < -0.3 is 15.5 Å². The van der Waals surface area contributed by atoms with E-state index in [1.165, 1.54) is 13.0 Å². The molecule has 0 aliphatic heterocycles. The van der Waals surface area contributed by atoms with Gasteiger partial charge in [-0.1, -0.05) is 13.8 Å². The second kappa shape index (κ2) is 8.74. The van der Waals surface area contributed by atoms with Gasteiger partial charge in [0, 0.05) is 18.7 Å². The minimum absolute atomic E-state index is 0.420. The molecule has 0 amide bonds. The standard InChI is InChI=1S/C15H29N5/c1-6-20(7-2)10-8-9-12(3)19-15-13(4)14(16-5)17-11-18-15/h11-12H,6-10H2,1-5H3,(H2,16,17,18,19). The van der Waals surface area contributed by atoms with Gasteiger partial charge in [0.2, 0.25) is 0 Å². The van der Waals surface area contributed by atoms with Gasteiger partial charge in [0.1, 0.15) is 18.0 Å². The summed E-state index contributed by atoms with van der Waals surface area (Å²) in [5, 5.41) is 6.57. The van der Waals surface area contributed by atoms with Crippen molar-refractivity contribution in [3.63, 3.8) is 0 Å². The van der Waals surface area contributed by atoms with Gasteiger partial charge in [-0.25, -0.2) is 9.97 Å². The molecule has 1 heterocycles. The molecule has 0 saturated heterocycles. The molecule has 1 aromatic heterocycles. The van der Waals surface area contributed by atoms with Crippen molar-refractivity contribution in [1.29, 1.82) is 0 Å². The van der Waals surface area contributed by atoms with Crippen LogP contribution in [0.25, 0.3) is 0 Å². The first-order valence-corrected chi connectivity index (χ1v) is 7.60. The lowest BCUT2D eigenvalue weighted by atomic mass is 10.1. The van der Waals surface area contributed by atoms with E-state index in [1.807, 2.05) is 14.0 Å². The van der Waals surface area contributed by atoms with Gasteiger partial charge in [-0.05, 0) is 46.3 Å². The normalized spacial score (nSPS) is 12.5. The van der Waals surface area contributed by atoms with E-state index >= 15 is 0 Å². The topological polar surface area (TPSA) is 53.1 Å². The molecular formula is C15H29N5. The number of aromatic nitrogens is 2. The predicted molar refractivity (Wildman–Crippen MR) is 86.4 cm³/mol. The molecule has 1 aromatic rings. The Balaban J connectivity index is 2.44. The first kappa shape index (κ1) is 16.7. The van der Waals surface area contributed by atoms with Crippen molar-refractivity contribution < 1.29 is 0 Å². The van der Waals surface area contributed by atoms with Crippen LogP contribution >= 0.6 is 0 Å². The van der Waals surface area contributed by atoms with Crippen LogP contribution in [0.2, 0.25) is 0 Å². The zero-order valence-electron chi connectivity index (χ0n) is 13.5. The molecule has 1 rings (SSSR count). The number of nitrogens with one attached hydrogen (secondary N) is 2. The van der Waals surface area contributed by atoms with Crippen molar-refractivity contribution in [2.75, 3.05) is 37.3 Å². The first-order valence-electron chi connectivity index (χ1n) is 7.60. The van der Waals surface area contributed by atoms with E-state index in [0.29, 0.717) is 6.04 Å². The van der Waals surface area contributed by atoms with Gasteiger partial charge in [0.25, 0.3) is 0 Å². The largest absolute Gasteiger partial charge is 0.373 e. The molecule has 0 bridgehead atoms. The van der Waals surface area contributed by atoms with Gasteiger partial charge >= 0.3 is 0 Å². The molecule has 20 heavy (non-hydrogen) atoms. The molecule has 0 aliphatic carbocycles. The molecular weight excluding hydrogens is 250 g/mol. The molecule has 0 aliphatic rings. The summed E-state index contributed by atoms with van der Waals surface area (Å²) in [7, 11) is 1.88. The highest BCUT2D eigenvalue weighted by Crippen LogP contribution is 2.19. The summed E-state index contributed by atoms with van der Waals surface area (Å²) in [6.45, 7) is 12.1. The van der Waals surface area contributed by atoms with E-state index in [2.05, 4.69) is 46.3 Å². The summed E-state index contributed by atoms with van der Waals surface area (Å²) >= 11 is 0. The summed E-state index contributed by atoms with van der Waals surface area (Å²) in [5.74, 6) is 1.82. The van der Waals surface area contributed by atoms with Crippen LogP contribution in [0.1, 0.15) is 39.2 Å². The maximum atomic E-state index is 4.33. The summed E-state index contributed by atoms with van der Waals surface area (Å²) in [4.78, 5) is 11.0. The molecule has 0 radical (unpaired) electrons. The minimum Gasteiger partial charge on any atom is -0.373 e. The fourth-order valence-electron chi connectivity index (χ4n) is 2.31. The summed E-state index contributed by atoms with van der Waals surface area (Å²) < 4.78 is 0. The number of nitrogens with zero attached hydrogens (tertiary/aromatic N) is 3. The van der Waals surface area contributed by atoms with Crippen LogP contribution in [0.4, 0.5) is 11.6 Å². The molecule has 114 valence electrons. The molecule has 0 spiro atoms. The smallest absolute Gasteiger partial charge is 0.134 e. The third-order valence-corrected chi connectivity index (χ3v) is 3.71. The summed E-state index contributed by atoms with van der Waals surface area (Å²) in [6.07, 6.45) is 3.96. The molecule has 1 atom stereocenters. The van der Waals surface area contributed by atoms with Crippen LogP contribution in [-0.2, 0) is 0 Å². The zero-order chi connectivity index (χ0) is 15.0.